The molecule has 9 heteroatoms. The molecule has 1 aliphatic rings. The van der Waals surface area contributed by atoms with Crippen LogP contribution in [0.15, 0.2) is 36.8 Å². The van der Waals surface area contributed by atoms with E-state index in [0.29, 0.717) is 12.0 Å². The summed E-state index contributed by atoms with van der Waals surface area (Å²) < 4.78 is 4.06. The third-order valence-corrected chi connectivity index (χ3v) is 6.62. The van der Waals surface area contributed by atoms with Crippen LogP contribution in [0.2, 0.25) is 5.02 Å². The lowest BCUT2D eigenvalue weighted by atomic mass is 9.97. The Hall–Kier alpha value is -2.45. The molecule has 1 aromatic carbocycles. The van der Waals surface area contributed by atoms with E-state index in [4.69, 9.17) is 21.7 Å². The van der Waals surface area contributed by atoms with E-state index in [9.17, 15) is 0 Å². The minimum atomic E-state index is 0.366. The molecule has 5 rings (SSSR count). The maximum atomic E-state index is 5.99. The molecule has 7 nitrogen and oxygen atoms in total. The summed E-state index contributed by atoms with van der Waals surface area (Å²) in [7, 11) is 0. The van der Waals surface area contributed by atoms with E-state index < -0.39 is 0 Å². The second kappa shape index (κ2) is 7.42. The van der Waals surface area contributed by atoms with Crippen molar-refractivity contribution in [2.75, 3.05) is 18.0 Å². The van der Waals surface area contributed by atoms with Crippen LogP contribution < -0.4 is 4.90 Å². The standard InChI is InChI=1S/C20H22ClN7S/c1-13(2)27-12-22-24-18(27)15-4-3-9-26(10-15)20-25-28-11-17(23-19(28)29-20)14-5-7-16(21)8-6-14/h5-8,11-13,15H,3-4,9-10H2,1-2H3. The van der Waals surface area contributed by atoms with E-state index in [1.54, 1.807) is 11.3 Å². The number of rotatable bonds is 4. The molecule has 0 spiro atoms. The van der Waals surface area contributed by atoms with Crippen LogP contribution in [0.1, 0.15) is 44.5 Å². The lowest BCUT2D eigenvalue weighted by molar-refractivity contribution is 0.454. The van der Waals surface area contributed by atoms with E-state index in [1.165, 1.54) is 0 Å². The van der Waals surface area contributed by atoms with Crippen LogP contribution >= 0.6 is 22.9 Å². The van der Waals surface area contributed by atoms with Crippen LogP contribution in [0.5, 0.6) is 0 Å². The summed E-state index contributed by atoms with van der Waals surface area (Å²) in [6, 6.07) is 8.09. The number of aromatic nitrogens is 6. The van der Waals surface area contributed by atoms with E-state index in [-0.39, 0.29) is 0 Å². The predicted molar refractivity (Wildman–Crippen MR) is 116 cm³/mol. The van der Waals surface area contributed by atoms with Crippen LogP contribution in [-0.2, 0) is 0 Å². The topological polar surface area (TPSA) is 64.1 Å². The molecule has 4 aromatic rings. The number of hydrogen-bond acceptors (Lipinski definition) is 6. The van der Waals surface area contributed by atoms with Gasteiger partial charge < -0.3 is 9.47 Å². The highest BCUT2D eigenvalue weighted by Gasteiger charge is 2.28. The number of fused-ring (bicyclic) bond motifs is 1. The van der Waals surface area contributed by atoms with Crippen LogP contribution in [0.25, 0.3) is 16.2 Å². The van der Waals surface area contributed by atoms with E-state index in [1.807, 2.05) is 41.3 Å². The van der Waals surface area contributed by atoms with E-state index >= 15 is 0 Å². The third kappa shape index (κ3) is 3.51. The number of halogens is 1. The summed E-state index contributed by atoms with van der Waals surface area (Å²) in [5.74, 6) is 1.45. The summed E-state index contributed by atoms with van der Waals surface area (Å²) >= 11 is 7.62. The SMILES string of the molecule is CC(C)n1cnnc1C1CCCN(c2nn3cc(-c4ccc(Cl)cc4)nc3s2)C1. The van der Waals surface area contributed by atoms with Gasteiger partial charge in [0.2, 0.25) is 10.1 Å². The third-order valence-electron chi connectivity index (χ3n) is 5.39. The number of imidazole rings is 1. The van der Waals surface area contributed by atoms with Crippen molar-refractivity contribution in [2.45, 2.75) is 38.6 Å². The molecule has 0 amide bonds. The van der Waals surface area contributed by atoms with Gasteiger partial charge in [-0.3, -0.25) is 0 Å². The zero-order valence-electron chi connectivity index (χ0n) is 16.4. The molecule has 150 valence electrons. The van der Waals surface area contributed by atoms with Crippen molar-refractivity contribution in [3.63, 3.8) is 0 Å². The Morgan fingerprint density at radius 3 is 2.79 bits per heavy atom. The van der Waals surface area contributed by atoms with Crippen molar-refractivity contribution in [3.8, 4) is 11.3 Å². The Morgan fingerprint density at radius 1 is 1.21 bits per heavy atom. The van der Waals surface area contributed by atoms with Crippen molar-refractivity contribution in [1.82, 2.24) is 29.4 Å². The average Bonchev–Trinajstić information content (AvgIpc) is 3.43. The Bertz CT molecular complexity index is 1100. The number of nitrogens with zero attached hydrogens (tertiary/aromatic N) is 7. The number of anilines is 1. The quantitative estimate of drug-likeness (QED) is 0.473. The van der Waals surface area contributed by atoms with E-state index in [0.717, 1.165) is 58.1 Å². The molecule has 1 fully saturated rings. The molecule has 0 aliphatic carbocycles. The minimum Gasteiger partial charge on any atom is -0.346 e. The molecular formula is C20H22ClN7S. The van der Waals surface area contributed by atoms with Crippen molar-refractivity contribution >= 4 is 33.0 Å². The normalized spacial score (nSPS) is 17.5. The first-order chi connectivity index (χ1) is 14.1. The number of piperidine rings is 1. The van der Waals surface area contributed by atoms with Gasteiger partial charge in [-0.2, -0.15) is 0 Å². The fourth-order valence-corrected chi connectivity index (χ4v) is 4.92. The number of benzene rings is 1. The average molecular weight is 428 g/mol. The summed E-state index contributed by atoms with van der Waals surface area (Å²) in [5.41, 5.74) is 1.95. The first-order valence-corrected chi connectivity index (χ1v) is 11.0. The monoisotopic (exact) mass is 427 g/mol. The Labute approximate surface area is 178 Å². The van der Waals surface area contributed by atoms with E-state index in [2.05, 4.69) is 33.5 Å². The maximum Gasteiger partial charge on any atom is 0.214 e. The van der Waals surface area contributed by atoms with Gasteiger partial charge in [0.25, 0.3) is 0 Å². The fraction of sp³-hybridized carbons (Fsp3) is 0.400. The molecule has 0 bridgehead atoms. The van der Waals surface area contributed by atoms with Gasteiger partial charge in [0.15, 0.2) is 0 Å². The Balaban J connectivity index is 1.38. The maximum absolute atomic E-state index is 5.99. The Morgan fingerprint density at radius 2 is 2.03 bits per heavy atom. The second-order valence-electron chi connectivity index (χ2n) is 7.72. The predicted octanol–water partition coefficient (Wildman–Crippen LogP) is 4.67. The van der Waals surface area contributed by atoms with Crippen LogP contribution in [0.3, 0.4) is 0 Å². The molecule has 1 atom stereocenters. The lowest BCUT2D eigenvalue weighted by Gasteiger charge is -2.32. The highest BCUT2D eigenvalue weighted by atomic mass is 35.5. The van der Waals surface area contributed by atoms with Gasteiger partial charge in [0.1, 0.15) is 12.2 Å². The molecule has 0 radical (unpaired) electrons. The minimum absolute atomic E-state index is 0.366. The van der Waals surface area contributed by atoms with Crippen molar-refractivity contribution in [3.05, 3.63) is 47.6 Å². The molecule has 1 aliphatic heterocycles. The van der Waals surface area contributed by atoms with Gasteiger partial charge in [-0.15, -0.1) is 15.3 Å². The summed E-state index contributed by atoms with van der Waals surface area (Å²) in [5, 5.41) is 15.1. The first-order valence-electron chi connectivity index (χ1n) is 9.85. The summed E-state index contributed by atoms with van der Waals surface area (Å²) in [4.78, 5) is 8.01. The Kier molecular flexibility index (Phi) is 4.75. The molecule has 1 saturated heterocycles. The van der Waals surface area contributed by atoms with Crippen LogP contribution in [-0.4, -0.2) is 42.5 Å². The van der Waals surface area contributed by atoms with Gasteiger partial charge in [0, 0.05) is 35.6 Å². The van der Waals surface area contributed by atoms with Crippen molar-refractivity contribution in [2.24, 2.45) is 0 Å². The molecule has 1 unspecified atom stereocenters. The van der Waals surface area contributed by atoms with Gasteiger partial charge in [-0.05, 0) is 38.8 Å². The summed E-state index contributed by atoms with van der Waals surface area (Å²) in [6.45, 7) is 6.25. The van der Waals surface area contributed by atoms with Gasteiger partial charge in [-0.25, -0.2) is 9.50 Å². The van der Waals surface area contributed by atoms with Crippen LogP contribution in [0, 0.1) is 0 Å². The highest BCUT2D eigenvalue weighted by molar-refractivity contribution is 7.20. The fourth-order valence-electron chi connectivity index (χ4n) is 3.88. The number of hydrogen-bond donors (Lipinski definition) is 0. The lowest BCUT2D eigenvalue weighted by Crippen LogP contribution is -2.35. The van der Waals surface area contributed by atoms with Gasteiger partial charge in [-0.1, -0.05) is 35.1 Å². The molecule has 3 aromatic heterocycles. The molecule has 29 heavy (non-hydrogen) atoms. The van der Waals surface area contributed by atoms with Crippen molar-refractivity contribution in [1.29, 1.82) is 0 Å². The molecule has 0 saturated carbocycles. The highest BCUT2D eigenvalue weighted by Crippen LogP contribution is 2.33. The molecular weight excluding hydrogens is 406 g/mol. The summed E-state index contributed by atoms with van der Waals surface area (Å²) in [6.07, 6.45) is 6.07. The van der Waals surface area contributed by atoms with Crippen molar-refractivity contribution < 1.29 is 0 Å². The molecule has 0 N–H and O–H groups in total. The largest absolute Gasteiger partial charge is 0.346 e. The van der Waals surface area contributed by atoms with Crippen LogP contribution in [0.4, 0.5) is 5.13 Å². The second-order valence-corrected chi connectivity index (χ2v) is 9.09. The smallest absolute Gasteiger partial charge is 0.214 e. The first kappa shape index (κ1) is 18.6. The van der Waals surface area contributed by atoms with Gasteiger partial charge >= 0.3 is 0 Å². The van der Waals surface area contributed by atoms with Gasteiger partial charge in [0.05, 0.1) is 11.9 Å². The zero-order valence-corrected chi connectivity index (χ0v) is 17.9. The zero-order chi connectivity index (χ0) is 20.0. The molecule has 4 heterocycles.